The Morgan fingerprint density at radius 2 is 2.15 bits per heavy atom. The van der Waals surface area contributed by atoms with Crippen molar-refractivity contribution in [3.05, 3.63) is 34.9 Å². The van der Waals surface area contributed by atoms with Crippen LogP contribution in [-0.2, 0) is 28.8 Å². The number of esters is 1. The Hall–Kier alpha value is -1.29. The predicted octanol–water partition coefficient (Wildman–Crippen LogP) is 2.68. The Bertz CT molecular complexity index is 640. The van der Waals surface area contributed by atoms with Gasteiger partial charge >= 0.3 is 12.1 Å². The molecule has 9 heteroatoms. The molecule has 1 fully saturated rings. The van der Waals surface area contributed by atoms with E-state index in [4.69, 9.17) is 4.74 Å². The van der Waals surface area contributed by atoms with Crippen LogP contribution >= 0.6 is 0 Å². The fourth-order valence-corrected chi connectivity index (χ4v) is 3.61. The molecule has 0 spiro atoms. The summed E-state index contributed by atoms with van der Waals surface area (Å²) in [6.07, 6.45) is -2.23. The molecule has 0 amide bonds. The summed E-state index contributed by atoms with van der Waals surface area (Å²) in [5.74, 6) is -0.766. The van der Waals surface area contributed by atoms with Gasteiger partial charge in [0.25, 0.3) is 0 Å². The zero-order valence-electron chi connectivity index (χ0n) is 15.0. The van der Waals surface area contributed by atoms with E-state index in [2.05, 4.69) is 0 Å². The maximum absolute atomic E-state index is 13.4. The fourth-order valence-electron chi connectivity index (χ4n) is 3.02. The maximum Gasteiger partial charge on any atom is 0.416 e. The minimum Gasteiger partial charge on any atom is -0.598 e. The summed E-state index contributed by atoms with van der Waals surface area (Å²) < 4.78 is 58.4. The summed E-state index contributed by atoms with van der Waals surface area (Å²) >= 11 is -1.12. The number of benzene rings is 1. The Labute approximate surface area is 154 Å². The summed E-state index contributed by atoms with van der Waals surface area (Å²) in [7, 11) is 1.75. The Morgan fingerprint density at radius 3 is 2.73 bits per heavy atom. The number of halogens is 3. The van der Waals surface area contributed by atoms with E-state index in [0.717, 1.165) is 12.5 Å². The summed E-state index contributed by atoms with van der Waals surface area (Å²) in [5, 5.41) is 0. The Kier molecular flexibility index (Phi) is 6.95. The average Bonchev–Trinajstić information content (AvgIpc) is 3.02. The molecule has 0 saturated carbocycles. The van der Waals surface area contributed by atoms with Gasteiger partial charge in [-0.15, -0.1) is 4.31 Å². The van der Waals surface area contributed by atoms with Crippen LogP contribution in [0.1, 0.15) is 34.8 Å². The van der Waals surface area contributed by atoms with Gasteiger partial charge in [-0.2, -0.15) is 13.2 Å². The molecule has 1 aromatic rings. The van der Waals surface area contributed by atoms with Crippen molar-refractivity contribution in [2.45, 2.75) is 32.1 Å². The summed E-state index contributed by atoms with van der Waals surface area (Å²) in [6.45, 7) is 3.00. The topological polar surface area (TPSA) is 55.8 Å². The minimum absolute atomic E-state index is 0.0500. The molecule has 1 aliphatic rings. The monoisotopic (exact) mass is 392 g/mol. The van der Waals surface area contributed by atoms with E-state index in [1.54, 1.807) is 24.5 Å². The highest BCUT2D eigenvalue weighted by Crippen LogP contribution is 2.34. The summed E-state index contributed by atoms with van der Waals surface area (Å²) in [6, 6.07) is 3.61. The number of likely N-dealkylation sites (tertiary alicyclic amines) is 1. The number of nitrogens with zero attached hydrogens (tertiary/aromatic N) is 2. The molecule has 5 nitrogen and oxygen atoms in total. The minimum atomic E-state index is -4.56. The van der Waals surface area contributed by atoms with Crippen LogP contribution in [0.4, 0.5) is 13.2 Å². The lowest BCUT2D eigenvalue weighted by molar-refractivity contribution is -0.138. The van der Waals surface area contributed by atoms with Gasteiger partial charge in [0.1, 0.15) is 6.26 Å². The fraction of sp³-hybridized carbons (Fsp3) is 0.588. The third kappa shape index (κ3) is 5.12. The number of carbonyl (C=O) groups is 1. The highest BCUT2D eigenvalue weighted by Gasteiger charge is 2.36. The SMILES string of the molecule is CCOC(=O)c1ccc(CN2CC[C@@H](N(C)[S+](C)[O-])C2)c(C(F)(F)F)c1. The number of alkyl halides is 3. The van der Waals surface area contributed by atoms with Gasteiger partial charge in [0.15, 0.2) is 0 Å². The van der Waals surface area contributed by atoms with Crippen molar-refractivity contribution >= 4 is 17.3 Å². The molecular weight excluding hydrogens is 369 g/mol. The number of likely N-dealkylation sites (N-methyl/N-ethyl adjacent to an activating group) is 1. The van der Waals surface area contributed by atoms with Crippen molar-refractivity contribution in [1.29, 1.82) is 0 Å². The molecule has 0 bridgehead atoms. The van der Waals surface area contributed by atoms with E-state index in [1.807, 2.05) is 4.90 Å². The van der Waals surface area contributed by atoms with Gasteiger partial charge in [0.2, 0.25) is 0 Å². The van der Waals surface area contributed by atoms with Crippen molar-refractivity contribution < 1.29 is 27.3 Å². The zero-order valence-corrected chi connectivity index (χ0v) is 15.8. The quantitative estimate of drug-likeness (QED) is 0.550. The predicted molar refractivity (Wildman–Crippen MR) is 92.9 cm³/mol. The molecular formula is C17H23F3N2O3S. The number of rotatable bonds is 6. The number of hydrogen-bond donors (Lipinski definition) is 0. The lowest BCUT2D eigenvalue weighted by Crippen LogP contribution is -2.38. The molecule has 1 heterocycles. The third-order valence-electron chi connectivity index (χ3n) is 4.49. The highest BCUT2D eigenvalue weighted by atomic mass is 32.2. The molecule has 1 aromatic carbocycles. The van der Waals surface area contributed by atoms with Gasteiger partial charge in [-0.05, 0) is 31.0 Å². The van der Waals surface area contributed by atoms with E-state index in [1.165, 1.54) is 12.1 Å². The second-order valence-corrected chi connectivity index (χ2v) is 7.66. The molecule has 2 atom stereocenters. The molecule has 1 aliphatic heterocycles. The van der Waals surface area contributed by atoms with Crippen LogP contribution in [0, 0.1) is 0 Å². The van der Waals surface area contributed by atoms with E-state index < -0.39 is 29.1 Å². The van der Waals surface area contributed by atoms with Gasteiger partial charge in [-0.1, -0.05) is 6.07 Å². The molecule has 1 saturated heterocycles. The van der Waals surface area contributed by atoms with Gasteiger partial charge in [0, 0.05) is 38.0 Å². The van der Waals surface area contributed by atoms with E-state index in [-0.39, 0.29) is 30.3 Å². The average molecular weight is 392 g/mol. The van der Waals surface area contributed by atoms with Gasteiger partial charge in [-0.25, -0.2) is 4.79 Å². The van der Waals surface area contributed by atoms with Crippen LogP contribution in [0.2, 0.25) is 0 Å². The van der Waals surface area contributed by atoms with Gasteiger partial charge < -0.3 is 9.29 Å². The zero-order chi connectivity index (χ0) is 19.5. The van der Waals surface area contributed by atoms with Gasteiger partial charge in [-0.3, -0.25) is 4.90 Å². The number of hydrogen-bond acceptors (Lipinski definition) is 5. The first-order chi connectivity index (χ1) is 12.1. The first-order valence-corrected chi connectivity index (χ1v) is 9.81. The van der Waals surface area contributed by atoms with E-state index in [9.17, 15) is 22.5 Å². The summed E-state index contributed by atoms with van der Waals surface area (Å²) in [5.41, 5.74) is -0.811. The third-order valence-corrected chi connectivity index (χ3v) is 5.60. The maximum atomic E-state index is 13.4. The molecule has 0 aliphatic carbocycles. The lowest BCUT2D eigenvalue weighted by atomic mass is 10.0. The van der Waals surface area contributed by atoms with Crippen LogP contribution < -0.4 is 0 Å². The molecule has 0 aromatic heterocycles. The van der Waals surface area contributed by atoms with Gasteiger partial charge in [0.05, 0.1) is 23.8 Å². The largest absolute Gasteiger partial charge is 0.598 e. The Morgan fingerprint density at radius 1 is 1.46 bits per heavy atom. The van der Waals surface area contributed by atoms with Crippen molar-refractivity contribution in [2.24, 2.45) is 0 Å². The normalized spacial score (nSPS) is 19.8. The first kappa shape index (κ1) is 21.0. The van der Waals surface area contributed by atoms with Crippen LogP contribution in [-0.4, -0.2) is 58.8 Å². The highest BCUT2D eigenvalue weighted by molar-refractivity contribution is 7.88. The Balaban J connectivity index is 2.17. The molecule has 146 valence electrons. The molecule has 0 N–H and O–H groups in total. The molecule has 0 radical (unpaired) electrons. The van der Waals surface area contributed by atoms with Crippen molar-refractivity contribution in [3.8, 4) is 0 Å². The lowest BCUT2D eigenvalue weighted by Gasteiger charge is -2.24. The van der Waals surface area contributed by atoms with Crippen LogP contribution in [0.25, 0.3) is 0 Å². The smallest absolute Gasteiger partial charge is 0.416 e. The second-order valence-electron chi connectivity index (χ2n) is 6.24. The molecule has 1 unspecified atom stereocenters. The number of ether oxygens (including phenoxy) is 1. The van der Waals surface area contributed by atoms with Crippen molar-refractivity contribution in [3.63, 3.8) is 0 Å². The second kappa shape index (κ2) is 8.60. The standard InChI is InChI=1S/C17H23F3N2O3S/c1-4-25-16(23)12-5-6-13(15(9-12)17(18,19)20)10-22-8-7-14(11-22)21(2)26(3)24/h5-6,9,14H,4,7-8,10-11H2,1-3H3/t14-,26?/m1/s1. The van der Waals surface area contributed by atoms with Crippen molar-refractivity contribution in [1.82, 2.24) is 9.21 Å². The summed E-state index contributed by atoms with van der Waals surface area (Å²) in [4.78, 5) is 13.6. The van der Waals surface area contributed by atoms with E-state index >= 15 is 0 Å². The molecule has 26 heavy (non-hydrogen) atoms. The van der Waals surface area contributed by atoms with Crippen LogP contribution in [0.15, 0.2) is 18.2 Å². The van der Waals surface area contributed by atoms with E-state index in [0.29, 0.717) is 13.1 Å². The first-order valence-electron chi connectivity index (χ1n) is 8.29. The molecule has 2 rings (SSSR count). The van der Waals surface area contributed by atoms with Crippen LogP contribution in [0.3, 0.4) is 0 Å². The van der Waals surface area contributed by atoms with Crippen LogP contribution in [0.5, 0.6) is 0 Å². The van der Waals surface area contributed by atoms with Crippen molar-refractivity contribution in [2.75, 3.05) is 33.0 Å². The number of carbonyl (C=O) groups excluding carboxylic acids is 1.